The van der Waals surface area contributed by atoms with Gasteiger partial charge in [-0.15, -0.1) is 0 Å². The molecule has 0 saturated heterocycles. The van der Waals surface area contributed by atoms with E-state index in [2.05, 4.69) is 26.1 Å². The van der Waals surface area contributed by atoms with Crippen molar-refractivity contribution in [2.45, 2.75) is 31.5 Å². The lowest BCUT2D eigenvalue weighted by Crippen LogP contribution is -2.15. The highest BCUT2D eigenvalue weighted by atomic mass is 79.9. The molecule has 0 saturated carbocycles. The summed E-state index contributed by atoms with van der Waals surface area (Å²) in [5, 5.41) is 3.23. The molecule has 7 heteroatoms. The molecule has 2 unspecified atom stereocenters. The van der Waals surface area contributed by atoms with Gasteiger partial charge in [0.15, 0.2) is 0 Å². The molecular formula is C22H18BrF3N2O. The molecule has 0 N–H and O–H groups in total. The standard InChI is InChI=1S/C22H18BrF3N2O/c1-14-12-16(10-11-27-14)21(28-29)13-19(15-6-8-17(23)9-7-15)18-4-2-3-5-20(18)22(24,25)26/h2-12,19,21H,13H2,1H3. The molecule has 3 nitrogen and oxygen atoms in total. The number of alkyl halides is 3. The number of hydrogen-bond donors (Lipinski definition) is 0. The zero-order chi connectivity index (χ0) is 21.0. The predicted molar refractivity (Wildman–Crippen MR) is 110 cm³/mol. The highest BCUT2D eigenvalue weighted by Crippen LogP contribution is 2.42. The van der Waals surface area contributed by atoms with Crippen LogP contribution in [0.2, 0.25) is 0 Å². The number of aryl methyl sites for hydroxylation is 1. The van der Waals surface area contributed by atoms with Gasteiger partial charge >= 0.3 is 6.18 Å². The minimum atomic E-state index is -4.50. The second-order valence-electron chi connectivity index (χ2n) is 6.78. The Hall–Kier alpha value is -2.54. The first-order valence-corrected chi connectivity index (χ1v) is 9.75. The maximum absolute atomic E-state index is 13.7. The van der Waals surface area contributed by atoms with Crippen molar-refractivity contribution in [3.63, 3.8) is 0 Å². The summed E-state index contributed by atoms with van der Waals surface area (Å²) in [5.74, 6) is -0.655. The maximum Gasteiger partial charge on any atom is 0.416 e. The predicted octanol–water partition coefficient (Wildman–Crippen LogP) is 7.20. The van der Waals surface area contributed by atoms with E-state index in [1.54, 1.807) is 55.6 Å². The molecule has 2 aromatic carbocycles. The van der Waals surface area contributed by atoms with Gasteiger partial charge in [0.2, 0.25) is 0 Å². The fourth-order valence-electron chi connectivity index (χ4n) is 3.43. The van der Waals surface area contributed by atoms with Crippen LogP contribution in [-0.2, 0) is 6.18 Å². The van der Waals surface area contributed by atoms with E-state index in [0.29, 0.717) is 16.8 Å². The van der Waals surface area contributed by atoms with Crippen LogP contribution in [0.3, 0.4) is 0 Å². The summed E-state index contributed by atoms with van der Waals surface area (Å²) >= 11 is 3.35. The lowest BCUT2D eigenvalue weighted by molar-refractivity contribution is -0.138. The van der Waals surface area contributed by atoms with Gasteiger partial charge in [-0.3, -0.25) is 4.98 Å². The van der Waals surface area contributed by atoms with Crippen LogP contribution < -0.4 is 0 Å². The molecule has 2 atom stereocenters. The van der Waals surface area contributed by atoms with Gasteiger partial charge in [-0.05, 0) is 60.4 Å². The van der Waals surface area contributed by atoms with E-state index in [4.69, 9.17) is 0 Å². The highest BCUT2D eigenvalue weighted by Gasteiger charge is 2.36. The number of benzene rings is 2. The third-order valence-corrected chi connectivity index (χ3v) is 5.33. The van der Waals surface area contributed by atoms with Crippen molar-refractivity contribution in [2.24, 2.45) is 5.18 Å². The molecule has 0 aliphatic rings. The van der Waals surface area contributed by atoms with Crippen LogP contribution in [-0.4, -0.2) is 4.98 Å². The van der Waals surface area contributed by atoms with Crippen molar-refractivity contribution in [1.29, 1.82) is 0 Å². The molecule has 0 amide bonds. The molecule has 1 aromatic heterocycles. The van der Waals surface area contributed by atoms with Crippen molar-refractivity contribution in [3.8, 4) is 0 Å². The molecule has 0 bridgehead atoms. The molecule has 0 spiro atoms. The molecule has 3 rings (SSSR count). The Morgan fingerprint density at radius 1 is 1.03 bits per heavy atom. The number of nitrogens with zero attached hydrogens (tertiary/aromatic N) is 2. The number of aromatic nitrogens is 1. The summed E-state index contributed by atoms with van der Waals surface area (Å²) in [5.41, 5.74) is 1.46. The van der Waals surface area contributed by atoms with Gasteiger partial charge in [0.05, 0.1) is 5.56 Å². The minimum Gasteiger partial charge on any atom is -0.262 e. The van der Waals surface area contributed by atoms with Crippen LogP contribution in [0.15, 0.2) is 76.5 Å². The van der Waals surface area contributed by atoms with Crippen LogP contribution in [0.4, 0.5) is 13.2 Å². The largest absolute Gasteiger partial charge is 0.416 e. The molecule has 0 fully saturated rings. The summed E-state index contributed by atoms with van der Waals surface area (Å²) in [4.78, 5) is 15.8. The molecular weight excluding hydrogens is 445 g/mol. The number of halogens is 4. The topological polar surface area (TPSA) is 42.3 Å². The quantitative estimate of drug-likeness (QED) is 0.363. The molecule has 0 radical (unpaired) electrons. The van der Waals surface area contributed by atoms with Gasteiger partial charge < -0.3 is 0 Å². The molecule has 3 aromatic rings. The van der Waals surface area contributed by atoms with Crippen molar-refractivity contribution in [2.75, 3.05) is 0 Å². The van der Waals surface area contributed by atoms with Crippen LogP contribution in [0.5, 0.6) is 0 Å². The van der Waals surface area contributed by atoms with Gasteiger partial charge in [0.25, 0.3) is 0 Å². The fraction of sp³-hybridized carbons (Fsp3) is 0.227. The normalized spacial score (nSPS) is 13.7. The van der Waals surface area contributed by atoms with Crippen LogP contribution in [0.1, 0.15) is 46.3 Å². The molecule has 150 valence electrons. The second kappa shape index (κ2) is 8.86. The maximum atomic E-state index is 13.7. The van der Waals surface area contributed by atoms with Gasteiger partial charge in [-0.2, -0.15) is 18.1 Å². The van der Waals surface area contributed by atoms with Gasteiger partial charge in [-0.25, -0.2) is 0 Å². The second-order valence-corrected chi connectivity index (χ2v) is 7.69. The first-order valence-electron chi connectivity index (χ1n) is 8.96. The third kappa shape index (κ3) is 5.09. The summed E-state index contributed by atoms with van der Waals surface area (Å²) in [6.45, 7) is 1.79. The first kappa shape index (κ1) is 21.2. The monoisotopic (exact) mass is 462 g/mol. The lowest BCUT2D eigenvalue weighted by atomic mass is 9.82. The van der Waals surface area contributed by atoms with Crippen LogP contribution >= 0.6 is 15.9 Å². The van der Waals surface area contributed by atoms with E-state index >= 15 is 0 Å². The van der Waals surface area contributed by atoms with Gasteiger partial charge in [-0.1, -0.05) is 51.4 Å². The Balaban J connectivity index is 2.10. The Morgan fingerprint density at radius 3 is 2.34 bits per heavy atom. The molecule has 0 aliphatic carbocycles. The number of rotatable bonds is 6. The van der Waals surface area contributed by atoms with Gasteiger partial charge in [0, 0.05) is 22.3 Å². The summed E-state index contributed by atoms with van der Waals surface area (Å²) in [6.07, 6.45) is -2.82. The highest BCUT2D eigenvalue weighted by molar-refractivity contribution is 9.10. The molecule has 0 aliphatic heterocycles. The van der Waals surface area contributed by atoms with E-state index in [0.717, 1.165) is 10.5 Å². The first-order chi connectivity index (χ1) is 13.8. The SMILES string of the molecule is Cc1cc(C(CC(c2ccc(Br)cc2)c2ccccc2C(F)(F)F)N=O)ccn1. The summed E-state index contributed by atoms with van der Waals surface area (Å²) < 4.78 is 41.9. The summed E-state index contributed by atoms with van der Waals surface area (Å²) in [7, 11) is 0. The zero-order valence-corrected chi connectivity index (χ0v) is 17.1. The Kier molecular flexibility index (Phi) is 6.47. The third-order valence-electron chi connectivity index (χ3n) is 4.81. The number of nitroso groups, excluding NO2 is 1. The van der Waals surface area contributed by atoms with Crippen molar-refractivity contribution in [3.05, 3.63) is 104 Å². The Labute approximate surface area is 175 Å². The van der Waals surface area contributed by atoms with Crippen molar-refractivity contribution in [1.82, 2.24) is 4.98 Å². The Morgan fingerprint density at radius 2 is 1.72 bits per heavy atom. The van der Waals surface area contributed by atoms with Crippen molar-refractivity contribution < 1.29 is 13.2 Å². The zero-order valence-electron chi connectivity index (χ0n) is 15.5. The van der Waals surface area contributed by atoms with Crippen LogP contribution in [0, 0.1) is 11.8 Å². The Bertz CT molecular complexity index is 990. The van der Waals surface area contributed by atoms with Crippen molar-refractivity contribution >= 4 is 15.9 Å². The van der Waals surface area contributed by atoms with Crippen LogP contribution in [0.25, 0.3) is 0 Å². The average Bonchev–Trinajstić information content (AvgIpc) is 2.69. The van der Waals surface area contributed by atoms with E-state index in [9.17, 15) is 18.1 Å². The average molecular weight is 463 g/mol. The van der Waals surface area contributed by atoms with E-state index in [1.165, 1.54) is 12.1 Å². The molecule has 29 heavy (non-hydrogen) atoms. The number of hydrogen-bond acceptors (Lipinski definition) is 3. The lowest BCUT2D eigenvalue weighted by Gasteiger charge is -2.24. The summed E-state index contributed by atoms with van der Waals surface area (Å²) in [6, 6.07) is 15.2. The smallest absolute Gasteiger partial charge is 0.262 e. The fourth-order valence-corrected chi connectivity index (χ4v) is 3.70. The van der Waals surface area contributed by atoms with E-state index < -0.39 is 23.7 Å². The number of pyridine rings is 1. The van der Waals surface area contributed by atoms with Gasteiger partial charge in [0.1, 0.15) is 6.04 Å². The van der Waals surface area contributed by atoms with E-state index in [-0.39, 0.29) is 12.0 Å². The molecule has 1 heterocycles. The van der Waals surface area contributed by atoms with E-state index in [1.807, 2.05) is 0 Å². The minimum absolute atomic E-state index is 0.113.